The fourth-order valence-corrected chi connectivity index (χ4v) is 4.27. The Morgan fingerprint density at radius 2 is 1.59 bits per heavy atom. The van der Waals surface area contributed by atoms with Gasteiger partial charge >= 0.3 is 0 Å². The third-order valence-corrected chi connectivity index (χ3v) is 5.26. The maximum Gasteiger partial charge on any atom is 0.0191 e. The molecule has 1 rings (SSSR count). The van der Waals surface area contributed by atoms with Gasteiger partial charge in [0, 0.05) is 11.8 Å². The van der Waals surface area contributed by atoms with Gasteiger partial charge in [-0.25, -0.2) is 0 Å². The van der Waals surface area contributed by atoms with E-state index >= 15 is 0 Å². The molecule has 0 aliphatic carbocycles. The van der Waals surface area contributed by atoms with E-state index in [4.69, 9.17) is 0 Å². The molecule has 1 heterocycles. The number of hydrogen-bond acceptors (Lipinski definition) is 2. The maximum atomic E-state index is 3.47. The topological polar surface area (TPSA) is 12.0 Å². The van der Waals surface area contributed by atoms with E-state index < -0.39 is 0 Å². The molecule has 2 atom stereocenters. The highest BCUT2D eigenvalue weighted by Gasteiger charge is 2.25. The first-order valence-corrected chi connectivity index (χ1v) is 8.79. The molecule has 0 amide bonds. The fourth-order valence-electron chi connectivity index (χ4n) is 2.74. The Morgan fingerprint density at radius 1 is 0.941 bits per heavy atom. The first-order valence-electron chi connectivity index (χ1n) is 7.63. The molecule has 1 saturated heterocycles. The van der Waals surface area contributed by atoms with E-state index in [1.165, 1.54) is 69.3 Å². The number of hydrogen-bond donors (Lipinski definition) is 1. The van der Waals surface area contributed by atoms with Gasteiger partial charge in [0.15, 0.2) is 0 Å². The molecule has 1 nitrogen and oxygen atoms in total. The second-order valence-electron chi connectivity index (χ2n) is 5.46. The van der Waals surface area contributed by atoms with E-state index in [0.717, 1.165) is 12.0 Å². The van der Waals surface area contributed by atoms with Crippen LogP contribution >= 0.6 is 11.8 Å². The lowest BCUT2D eigenvalue weighted by atomic mass is 9.96. The van der Waals surface area contributed by atoms with E-state index in [1.54, 1.807) is 0 Å². The summed E-state index contributed by atoms with van der Waals surface area (Å²) in [5.41, 5.74) is 0. The van der Waals surface area contributed by atoms with Crippen molar-refractivity contribution in [3.05, 3.63) is 0 Å². The Labute approximate surface area is 113 Å². The minimum atomic E-state index is 0.796. The summed E-state index contributed by atoms with van der Waals surface area (Å²) in [5.74, 6) is 3.67. The molecular formula is C15H31NS. The van der Waals surface area contributed by atoms with E-state index in [2.05, 4.69) is 31.1 Å². The van der Waals surface area contributed by atoms with Gasteiger partial charge in [-0.05, 0) is 25.1 Å². The van der Waals surface area contributed by atoms with Crippen LogP contribution in [0, 0.1) is 5.92 Å². The molecular weight excluding hydrogens is 226 g/mol. The molecule has 2 unspecified atom stereocenters. The van der Waals surface area contributed by atoms with Crippen LogP contribution in [0.3, 0.4) is 0 Å². The van der Waals surface area contributed by atoms with Crippen LogP contribution in [0.1, 0.15) is 64.7 Å². The second kappa shape index (κ2) is 10.3. The Kier molecular flexibility index (Phi) is 9.27. The molecule has 0 aromatic rings. The van der Waals surface area contributed by atoms with Gasteiger partial charge in [0.25, 0.3) is 0 Å². The summed E-state index contributed by atoms with van der Waals surface area (Å²) in [6.45, 7) is 2.29. The fraction of sp³-hybridized carbons (Fsp3) is 1.00. The standard InChI is InChI=1S/C15H31NS/c1-3-4-5-6-7-8-9-10-11-14-12-17-13-15(14)16-2/h14-16H,3-13H2,1-2H3. The van der Waals surface area contributed by atoms with Gasteiger partial charge in [0.2, 0.25) is 0 Å². The van der Waals surface area contributed by atoms with Gasteiger partial charge in [-0.2, -0.15) is 11.8 Å². The average Bonchev–Trinajstić information content (AvgIpc) is 2.80. The minimum absolute atomic E-state index is 0.796. The van der Waals surface area contributed by atoms with E-state index in [9.17, 15) is 0 Å². The average molecular weight is 257 g/mol. The largest absolute Gasteiger partial charge is 0.316 e. The van der Waals surface area contributed by atoms with Crippen molar-refractivity contribution in [1.29, 1.82) is 0 Å². The van der Waals surface area contributed by atoms with Crippen molar-refractivity contribution in [2.24, 2.45) is 5.92 Å². The van der Waals surface area contributed by atoms with Crippen molar-refractivity contribution in [1.82, 2.24) is 5.32 Å². The quantitative estimate of drug-likeness (QED) is 0.580. The molecule has 0 aromatic heterocycles. The summed E-state index contributed by atoms with van der Waals surface area (Å²) in [7, 11) is 2.12. The van der Waals surface area contributed by atoms with Crippen molar-refractivity contribution in [3.8, 4) is 0 Å². The highest BCUT2D eigenvalue weighted by atomic mass is 32.2. The van der Waals surface area contributed by atoms with Crippen LogP contribution in [0.2, 0.25) is 0 Å². The summed E-state index contributed by atoms with van der Waals surface area (Å²) >= 11 is 2.13. The SMILES string of the molecule is CCCCCCCCCCC1CSCC1NC. The maximum absolute atomic E-state index is 3.47. The molecule has 0 bridgehead atoms. The lowest BCUT2D eigenvalue weighted by Gasteiger charge is -2.17. The van der Waals surface area contributed by atoms with Crippen molar-refractivity contribution in [2.75, 3.05) is 18.6 Å². The van der Waals surface area contributed by atoms with Crippen molar-refractivity contribution < 1.29 is 0 Å². The zero-order valence-electron chi connectivity index (χ0n) is 11.8. The Bertz CT molecular complexity index is 172. The summed E-state index contributed by atoms with van der Waals surface area (Å²) in [6.07, 6.45) is 13.0. The minimum Gasteiger partial charge on any atom is -0.316 e. The first-order chi connectivity index (χ1) is 8.38. The number of unbranched alkanes of at least 4 members (excludes halogenated alkanes) is 7. The van der Waals surface area contributed by atoms with Gasteiger partial charge in [0.05, 0.1) is 0 Å². The highest BCUT2D eigenvalue weighted by molar-refractivity contribution is 7.99. The van der Waals surface area contributed by atoms with Crippen LogP contribution in [-0.2, 0) is 0 Å². The third kappa shape index (κ3) is 6.71. The Morgan fingerprint density at radius 3 is 2.24 bits per heavy atom. The van der Waals surface area contributed by atoms with Gasteiger partial charge in [-0.1, -0.05) is 58.3 Å². The second-order valence-corrected chi connectivity index (χ2v) is 6.53. The normalized spacial score (nSPS) is 24.4. The van der Waals surface area contributed by atoms with Crippen molar-refractivity contribution in [3.63, 3.8) is 0 Å². The van der Waals surface area contributed by atoms with Crippen molar-refractivity contribution >= 4 is 11.8 Å². The summed E-state index contributed by atoms with van der Waals surface area (Å²) in [4.78, 5) is 0. The van der Waals surface area contributed by atoms with Gasteiger partial charge < -0.3 is 5.32 Å². The molecule has 17 heavy (non-hydrogen) atoms. The summed E-state index contributed by atoms with van der Waals surface area (Å²) in [5, 5.41) is 3.47. The number of nitrogens with one attached hydrogen (secondary N) is 1. The molecule has 1 N–H and O–H groups in total. The zero-order valence-corrected chi connectivity index (χ0v) is 12.7. The lowest BCUT2D eigenvalue weighted by molar-refractivity contribution is 0.407. The monoisotopic (exact) mass is 257 g/mol. The smallest absolute Gasteiger partial charge is 0.0191 e. The van der Waals surface area contributed by atoms with E-state index in [-0.39, 0.29) is 0 Å². The predicted octanol–water partition coefficient (Wildman–Crippen LogP) is 4.47. The molecule has 2 heteroatoms. The van der Waals surface area contributed by atoms with Crippen LogP contribution in [-0.4, -0.2) is 24.6 Å². The summed E-state index contributed by atoms with van der Waals surface area (Å²) < 4.78 is 0. The van der Waals surface area contributed by atoms with E-state index in [0.29, 0.717) is 0 Å². The van der Waals surface area contributed by atoms with E-state index in [1.807, 2.05) is 0 Å². The van der Waals surface area contributed by atoms with Gasteiger partial charge in [0.1, 0.15) is 0 Å². The number of rotatable bonds is 10. The van der Waals surface area contributed by atoms with Crippen LogP contribution < -0.4 is 5.32 Å². The highest BCUT2D eigenvalue weighted by Crippen LogP contribution is 2.28. The van der Waals surface area contributed by atoms with Crippen molar-refractivity contribution in [2.45, 2.75) is 70.8 Å². The molecule has 1 aliphatic rings. The molecule has 1 aliphatic heterocycles. The molecule has 0 spiro atoms. The molecule has 0 aromatic carbocycles. The number of thioether (sulfide) groups is 1. The third-order valence-electron chi connectivity index (χ3n) is 4.00. The molecule has 102 valence electrons. The van der Waals surface area contributed by atoms with Crippen LogP contribution in [0.4, 0.5) is 0 Å². The Hall–Kier alpha value is 0.310. The first kappa shape index (κ1) is 15.4. The van der Waals surface area contributed by atoms with Crippen LogP contribution in [0.15, 0.2) is 0 Å². The Balaban J connectivity index is 1.87. The predicted molar refractivity (Wildman–Crippen MR) is 80.9 cm³/mol. The zero-order chi connectivity index (χ0) is 12.3. The molecule has 0 saturated carbocycles. The lowest BCUT2D eigenvalue weighted by Crippen LogP contribution is -2.32. The van der Waals surface area contributed by atoms with Crippen LogP contribution in [0.25, 0.3) is 0 Å². The van der Waals surface area contributed by atoms with Gasteiger partial charge in [-0.3, -0.25) is 0 Å². The molecule has 1 fully saturated rings. The van der Waals surface area contributed by atoms with Crippen LogP contribution in [0.5, 0.6) is 0 Å². The summed E-state index contributed by atoms with van der Waals surface area (Å²) in [6, 6.07) is 0.796. The molecule has 0 radical (unpaired) electrons. The van der Waals surface area contributed by atoms with Gasteiger partial charge in [-0.15, -0.1) is 0 Å².